The van der Waals surface area contributed by atoms with Gasteiger partial charge in [0, 0.05) is 5.69 Å². The predicted octanol–water partition coefficient (Wildman–Crippen LogP) is 2.78. The van der Waals surface area contributed by atoms with Crippen LogP contribution in [0.5, 0.6) is 0 Å². The normalized spacial score (nSPS) is 12.3. The van der Waals surface area contributed by atoms with Crippen molar-refractivity contribution in [1.82, 2.24) is 19.9 Å². The van der Waals surface area contributed by atoms with Crippen LogP contribution in [-0.2, 0) is 4.79 Å². The molecule has 3 rings (SSSR count). The Balaban J connectivity index is 1.72. The van der Waals surface area contributed by atoms with Crippen LogP contribution in [0, 0.1) is 6.92 Å². The Morgan fingerprint density at radius 2 is 2.18 bits per heavy atom. The van der Waals surface area contributed by atoms with Crippen LogP contribution in [-0.4, -0.2) is 31.1 Å². The van der Waals surface area contributed by atoms with Crippen molar-refractivity contribution in [2.24, 2.45) is 0 Å². The van der Waals surface area contributed by atoms with E-state index < -0.39 is 0 Å². The summed E-state index contributed by atoms with van der Waals surface area (Å²) in [6.07, 6.45) is 3.03. The van der Waals surface area contributed by atoms with Crippen molar-refractivity contribution in [3.05, 3.63) is 42.5 Å². The van der Waals surface area contributed by atoms with Crippen molar-refractivity contribution >= 4 is 34.5 Å². The van der Waals surface area contributed by atoms with Gasteiger partial charge in [0.1, 0.15) is 16.9 Å². The maximum absolute atomic E-state index is 12.3. The van der Waals surface area contributed by atoms with E-state index in [9.17, 15) is 4.79 Å². The van der Waals surface area contributed by atoms with Gasteiger partial charge in [0.2, 0.25) is 5.91 Å². The SMILES string of the molecule is Cc1cccc(NC(=O)[C@@H](C)Sc2ncnc3nc[nH]c23)c1. The van der Waals surface area contributed by atoms with Crippen LogP contribution < -0.4 is 5.32 Å². The van der Waals surface area contributed by atoms with Gasteiger partial charge in [0.15, 0.2) is 5.65 Å². The number of anilines is 1. The summed E-state index contributed by atoms with van der Waals surface area (Å²) >= 11 is 1.37. The Kier molecular flexibility index (Phi) is 4.06. The number of imidazole rings is 1. The fraction of sp³-hybridized carbons (Fsp3) is 0.200. The Morgan fingerprint density at radius 1 is 1.32 bits per heavy atom. The van der Waals surface area contributed by atoms with E-state index in [1.807, 2.05) is 38.1 Å². The second-order valence-electron chi connectivity index (χ2n) is 4.90. The number of rotatable bonds is 4. The summed E-state index contributed by atoms with van der Waals surface area (Å²) < 4.78 is 0. The van der Waals surface area contributed by atoms with E-state index >= 15 is 0 Å². The van der Waals surface area contributed by atoms with Crippen molar-refractivity contribution in [1.29, 1.82) is 0 Å². The number of H-pyrrole nitrogens is 1. The molecule has 0 aliphatic heterocycles. The van der Waals surface area contributed by atoms with E-state index in [-0.39, 0.29) is 11.2 Å². The average Bonchev–Trinajstić information content (AvgIpc) is 2.96. The summed E-state index contributed by atoms with van der Waals surface area (Å²) in [6.45, 7) is 3.84. The molecule has 0 aliphatic rings. The highest BCUT2D eigenvalue weighted by molar-refractivity contribution is 8.00. The van der Waals surface area contributed by atoms with Gasteiger partial charge in [-0.1, -0.05) is 23.9 Å². The monoisotopic (exact) mass is 313 g/mol. The molecule has 7 heteroatoms. The number of nitrogens with zero attached hydrogens (tertiary/aromatic N) is 3. The molecule has 0 fully saturated rings. The minimum absolute atomic E-state index is 0.0677. The zero-order valence-electron chi connectivity index (χ0n) is 12.2. The number of carbonyl (C=O) groups is 1. The molecule has 22 heavy (non-hydrogen) atoms. The highest BCUT2D eigenvalue weighted by atomic mass is 32.2. The van der Waals surface area contributed by atoms with Crippen LogP contribution in [0.2, 0.25) is 0 Å². The minimum Gasteiger partial charge on any atom is -0.341 e. The molecule has 0 unspecified atom stereocenters. The number of aryl methyl sites for hydroxylation is 1. The summed E-state index contributed by atoms with van der Waals surface area (Å²) in [5.74, 6) is -0.0677. The van der Waals surface area contributed by atoms with Gasteiger partial charge in [-0.05, 0) is 31.5 Å². The molecule has 2 aromatic heterocycles. The molecule has 3 aromatic rings. The largest absolute Gasteiger partial charge is 0.341 e. The molecule has 2 heterocycles. The number of carbonyl (C=O) groups excluding carboxylic acids is 1. The molecule has 0 aliphatic carbocycles. The van der Waals surface area contributed by atoms with E-state index in [0.717, 1.165) is 21.8 Å². The lowest BCUT2D eigenvalue weighted by Gasteiger charge is -2.12. The molecule has 0 bridgehead atoms. The molecular formula is C15H15N5OS. The van der Waals surface area contributed by atoms with Crippen LogP contribution >= 0.6 is 11.8 Å². The van der Waals surface area contributed by atoms with E-state index in [2.05, 4.69) is 25.3 Å². The standard InChI is InChI=1S/C15H15N5OS/c1-9-4-3-5-11(6-9)20-14(21)10(2)22-15-12-13(17-7-16-12)18-8-19-15/h3-8,10H,1-2H3,(H,20,21)(H,16,17,18,19)/t10-/m1/s1. The van der Waals surface area contributed by atoms with Gasteiger partial charge >= 0.3 is 0 Å². The lowest BCUT2D eigenvalue weighted by Crippen LogP contribution is -2.22. The first-order valence-corrected chi connectivity index (χ1v) is 7.70. The molecule has 0 saturated heterocycles. The number of aromatic nitrogens is 4. The Morgan fingerprint density at radius 3 is 3.00 bits per heavy atom. The van der Waals surface area contributed by atoms with E-state index in [1.165, 1.54) is 18.1 Å². The second-order valence-corrected chi connectivity index (χ2v) is 6.23. The molecule has 1 atom stereocenters. The molecular weight excluding hydrogens is 298 g/mol. The number of thioether (sulfide) groups is 1. The van der Waals surface area contributed by atoms with Crippen molar-refractivity contribution < 1.29 is 4.79 Å². The van der Waals surface area contributed by atoms with Gasteiger partial charge in [0.05, 0.1) is 11.6 Å². The molecule has 0 spiro atoms. The van der Waals surface area contributed by atoms with Gasteiger partial charge in [-0.3, -0.25) is 4.79 Å². The zero-order valence-corrected chi connectivity index (χ0v) is 13.0. The van der Waals surface area contributed by atoms with E-state index in [0.29, 0.717) is 5.65 Å². The summed E-state index contributed by atoms with van der Waals surface area (Å²) in [5, 5.41) is 3.34. The quantitative estimate of drug-likeness (QED) is 0.571. The third-order valence-electron chi connectivity index (χ3n) is 3.13. The third kappa shape index (κ3) is 3.09. The van der Waals surface area contributed by atoms with Gasteiger partial charge < -0.3 is 10.3 Å². The van der Waals surface area contributed by atoms with Gasteiger partial charge in [-0.15, -0.1) is 0 Å². The number of nitrogens with one attached hydrogen (secondary N) is 2. The van der Waals surface area contributed by atoms with Crippen molar-refractivity contribution in [2.45, 2.75) is 24.1 Å². The molecule has 0 radical (unpaired) electrons. The first kappa shape index (κ1) is 14.5. The molecule has 6 nitrogen and oxygen atoms in total. The highest BCUT2D eigenvalue weighted by Crippen LogP contribution is 2.26. The van der Waals surface area contributed by atoms with Crippen LogP contribution in [0.15, 0.2) is 41.9 Å². The first-order chi connectivity index (χ1) is 10.6. The number of amides is 1. The maximum Gasteiger partial charge on any atom is 0.237 e. The molecule has 1 aromatic carbocycles. The smallest absolute Gasteiger partial charge is 0.237 e. The Hall–Kier alpha value is -2.41. The highest BCUT2D eigenvalue weighted by Gasteiger charge is 2.17. The summed E-state index contributed by atoms with van der Waals surface area (Å²) in [5.41, 5.74) is 3.26. The first-order valence-electron chi connectivity index (χ1n) is 6.82. The van der Waals surface area contributed by atoms with Crippen LogP contribution in [0.1, 0.15) is 12.5 Å². The third-order valence-corrected chi connectivity index (χ3v) is 4.23. The number of benzene rings is 1. The number of hydrogen-bond donors (Lipinski definition) is 2. The molecule has 0 saturated carbocycles. The topological polar surface area (TPSA) is 83.6 Å². The van der Waals surface area contributed by atoms with Gasteiger partial charge in [-0.2, -0.15) is 0 Å². The fourth-order valence-corrected chi connectivity index (χ4v) is 2.90. The van der Waals surface area contributed by atoms with E-state index in [1.54, 1.807) is 6.33 Å². The lowest BCUT2D eigenvalue weighted by molar-refractivity contribution is -0.115. The van der Waals surface area contributed by atoms with Crippen molar-refractivity contribution in [3.63, 3.8) is 0 Å². The molecule has 2 N–H and O–H groups in total. The van der Waals surface area contributed by atoms with Crippen LogP contribution in [0.25, 0.3) is 11.2 Å². The van der Waals surface area contributed by atoms with Crippen molar-refractivity contribution in [3.8, 4) is 0 Å². The second kappa shape index (κ2) is 6.15. The maximum atomic E-state index is 12.3. The number of aromatic amines is 1. The molecule has 112 valence electrons. The fourth-order valence-electron chi connectivity index (χ4n) is 2.02. The average molecular weight is 313 g/mol. The summed E-state index contributed by atoms with van der Waals surface area (Å²) in [7, 11) is 0. The predicted molar refractivity (Wildman–Crippen MR) is 86.8 cm³/mol. The number of fused-ring (bicyclic) bond motifs is 1. The number of hydrogen-bond acceptors (Lipinski definition) is 5. The minimum atomic E-state index is -0.290. The van der Waals surface area contributed by atoms with Crippen LogP contribution in [0.3, 0.4) is 0 Å². The Labute approximate surface area is 131 Å². The van der Waals surface area contributed by atoms with Crippen molar-refractivity contribution in [2.75, 3.05) is 5.32 Å². The van der Waals surface area contributed by atoms with E-state index in [4.69, 9.17) is 0 Å². The summed E-state index contributed by atoms with van der Waals surface area (Å²) in [4.78, 5) is 27.7. The lowest BCUT2D eigenvalue weighted by atomic mass is 10.2. The van der Waals surface area contributed by atoms with Crippen LogP contribution in [0.4, 0.5) is 5.69 Å². The Bertz CT molecular complexity index is 816. The van der Waals surface area contributed by atoms with Gasteiger partial charge in [0.25, 0.3) is 0 Å². The summed E-state index contributed by atoms with van der Waals surface area (Å²) in [6, 6.07) is 7.72. The zero-order chi connectivity index (χ0) is 15.5. The van der Waals surface area contributed by atoms with Gasteiger partial charge in [-0.25, -0.2) is 15.0 Å². The molecule has 1 amide bonds.